The summed E-state index contributed by atoms with van der Waals surface area (Å²) in [5, 5.41) is 6.28. The predicted octanol–water partition coefficient (Wildman–Crippen LogP) is 2.89. The summed E-state index contributed by atoms with van der Waals surface area (Å²) in [6, 6.07) is 4.73. The second-order valence-electron chi connectivity index (χ2n) is 8.15. The Morgan fingerprint density at radius 3 is 2.41 bits per heavy atom. The van der Waals surface area contributed by atoms with Gasteiger partial charge in [0.2, 0.25) is 0 Å². The molecular weight excluding hydrogens is 453 g/mol. The van der Waals surface area contributed by atoms with Gasteiger partial charge in [0, 0.05) is 39.9 Å². The van der Waals surface area contributed by atoms with Gasteiger partial charge in [-0.3, -0.25) is 14.4 Å². The number of Topliss-reactive ketones (excluding diaryl/α,β-unsaturated/α-hetero) is 1. The third-order valence-corrected chi connectivity index (χ3v) is 6.45. The van der Waals surface area contributed by atoms with Gasteiger partial charge in [0.15, 0.2) is 0 Å². The number of halogens is 2. The Morgan fingerprint density at radius 2 is 1.81 bits per heavy atom. The first kappa shape index (κ1) is 22.2. The summed E-state index contributed by atoms with van der Waals surface area (Å²) in [4.78, 5) is 39.1. The van der Waals surface area contributed by atoms with Crippen LogP contribution in [0.1, 0.15) is 51.4 Å². The van der Waals surface area contributed by atoms with E-state index < -0.39 is 23.1 Å². The van der Waals surface area contributed by atoms with E-state index >= 15 is 0 Å². The molecule has 0 radical (unpaired) electrons. The van der Waals surface area contributed by atoms with Gasteiger partial charge < -0.3 is 26.7 Å². The molecule has 0 spiro atoms. The zero-order chi connectivity index (χ0) is 23.2. The van der Waals surface area contributed by atoms with Gasteiger partial charge in [0.05, 0.1) is 11.1 Å². The minimum atomic E-state index is -0.760. The number of carbonyl (C=O) groups is 3. The quantitative estimate of drug-likeness (QED) is 0.376. The standard InChI is InChI=1S/C22H23Cl2N5O3/c1-11-17(19(30)21(32)28-22(4-5-22)16(26)10-25)15-3-2-6-29(15)18(11)20(31)27-14-8-12(23)7-13(24)9-14/h7-10H,2-6,25-26H2,1H3,(H,27,31)(H,28,32)/b16-10-. The van der Waals surface area contributed by atoms with Gasteiger partial charge in [-0.15, -0.1) is 0 Å². The summed E-state index contributed by atoms with van der Waals surface area (Å²) >= 11 is 12.0. The van der Waals surface area contributed by atoms with Crippen molar-refractivity contribution >= 4 is 46.5 Å². The van der Waals surface area contributed by atoms with Crippen molar-refractivity contribution in [3.63, 3.8) is 0 Å². The molecule has 1 aromatic heterocycles. The van der Waals surface area contributed by atoms with E-state index in [0.29, 0.717) is 64.2 Å². The van der Waals surface area contributed by atoms with Crippen LogP contribution in [0.25, 0.3) is 0 Å². The second-order valence-corrected chi connectivity index (χ2v) is 9.02. The van der Waals surface area contributed by atoms with Gasteiger partial charge in [0.1, 0.15) is 5.69 Å². The molecule has 0 atom stereocenters. The van der Waals surface area contributed by atoms with E-state index in [0.717, 1.165) is 6.42 Å². The number of fused-ring (bicyclic) bond motifs is 1. The molecule has 4 rings (SSSR count). The van der Waals surface area contributed by atoms with Crippen molar-refractivity contribution < 1.29 is 14.4 Å². The van der Waals surface area contributed by atoms with Gasteiger partial charge in [0.25, 0.3) is 17.6 Å². The van der Waals surface area contributed by atoms with Gasteiger partial charge >= 0.3 is 0 Å². The van der Waals surface area contributed by atoms with Gasteiger partial charge in [-0.25, -0.2) is 0 Å². The first-order chi connectivity index (χ1) is 15.2. The number of benzene rings is 1. The molecule has 2 aliphatic rings. The molecule has 8 nitrogen and oxygen atoms in total. The van der Waals surface area contributed by atoms with Crippen LogP contribution in [0.2, 0.25) is 10.0 Å². The number of nitrogens with zero attached hydrogens (tertiary/aromatic N) is 1. The number of ketones is 1. The number of aromatic nitrogens is 1. The number of hydrogen-bond donors (Lipinski definition) is 4. The van der Waals surface area contributed by atoms with Crippen molar-refractivity contribution in [3.05, 3.63) is 62.7 Å². The molecule has 1 aliphatic heterocycles. The minimum absolute atomic E-state index is 0.264. The van der Waals surface area contributed by atoms with Crippen molar-refractivity contribution in [1.82, 2.24) is 9.88 Å². The zero-order valence-corrected chi connectivity index (χ0v) is 18.9. The van der Waals surface area contributed by atoms with E-state index in [-0.39, 0.29) is 5.56 Å². The van der Waals surface area contributed by atoms with E-state index in [1.54, 1.807) is 29.7 Å². The fourth-order valence-electron chi connectivity index (χ4n) is 4.29. The predicted molar refractivity (Wildman–Crippen MR) is 123 cm³/mol. The van der Waals surface area contributed by atoms with E-state index in [1.807, 2.05) is 0 Å². The molecule has 32 heavy (non-hydrogen) atoms. The van der Waals surface area contributed by atoms with Crippen molar-refractivity contribution in [3.8, 4) is 0 Å². The van der Waals surface area contributed by atoms with Crippen LogP contribution in [0.15, 0.2) is 30.1 Å². The lowest BCUT2D eigenvalue weighted by Crippen LogP contribution is -2.44. The average molecular weight is 476 g/mol. The van der Waals surface area contributed by atoms with Crippen LogP contribution >= 0.6 is 23.2 Å². The summed E-state index contributed by atoms with van der Waals surface area (Å²) in [5.41, 5.74) is 13.1. The molecule has 2 amide bonds. The van der Waals surface area contributed by atoms with E-state index in [9.17, 15) is 14.4 Å². The maximum atomic E-state index is 13.1. The van der Waals surface area contributed by atoms with Crippen molar-refractivity contribution in [1.29, 1.82) is 0 Å². The number of rotatable bonds is 6. The Kier molecular flexibility index (Phi) is 5.68. The molecule has 2 heterocycles. The third-order valence-electron chi connectivity index (χ3n) is 6.01. The third kappa shape index (κ3) is 3.84. The lowest BCUT2D eigenvalue weighted by Gasteiger charge is -2.17. The normalized spacial score (nSPS) is 16.4. The Labute approximate surface area is 194 Å². The summed E-state index contributed by atoms with van der Waals surface area (Å²) in [6.45, 7) is 2.25. The van der Waals surface area contributed by atoms with Crippen LogP contribution in [0.4, 0.5) is 5.69 Å². The minimum Gasteiger partial charge on any atom is -0.403 e. The Hall–Kier alpha value is -2.97. The highest BCUT2D eigenvalue weighted by Crippen LogP contribution is 2.40. The van der Waals surface area contributed by atoms with Crippen molar-refractivity contribution in [2.45, 2.75) is 44.7 Å². The van der Waals surface area contributed by atoms with Crippen LogP contribution < -0.4 is 22.1 Å². The number of anilines is 1. The summed E-state index contributed by atoms with van der Waals surface area (Å²) in [6.07, 6.45) is 3.85. The molecule has 1 aromatic carbocycles. The van der Waals surface area contributed by atoms with E-state index in [2.05, 4.69) is 10.6 Å². The highest BCUT2D eigenvalue weighted by molar-refractivity contribution is 6.44. The molecule has 168 valence electrons. The number of hydrogen-bond acceptors (Lipinski definition) is 5. The highest BCUT2D eigenvalue weighted by Gasteiger charge is 2.48. The van der Waals surface area contributed by atoms with Crippen molar-refractivity contribution in [2.24, 2.45) is 11.5 Å². The molecule has 0 saturated heterocycles. The number of nitrogens with two attached hydrogens (primary N) is 2. The van der Waals surface area contributed by atoms with Crippen LogP contribution in [-0.4, -0.2) is 27.7 Å². The Morgan fingerprint density at radius 1 is 1.16 bits per heavy atom. The fourth-order valence-corrected chi connectivity index (χ4v) is 4.81. The van der Waals surface area contributed by atoms with Gasteiger partial charge in [-0.05, 0) is 56.4 Å². The maximum Gasteiger partial charge on any atom is 0.293 e. The van der Waals surface area contributed by atoms with Crippen molar-refractivity contribution in [2.75, 3.05) is 5.32 Å². The molecular formula is C22H23Cl2N5O3. The Balaban J connectivity index is 1.64. The maximum absolute atomic E-state index is 13.1. The van der Waals surface area contributed by atoms with Gasteiger partial charge in [-0.2, -0.15) is 0 Å². The molecule has 10 heteroatoms. The SMILES string of the molecule is Cc1c(C(=O)C(=O)NC2(/C(N)=C/N)CC2)c2n(c1C(=O)Nc1cc(Cl)cc(Cl)c1)CCC2. The molecule has 1 fully saturated rings. The number of carbonyl (C=O) groups excluding carboxylic acids is 3. The summed E-state index contributed by atoms with van der Waals surface area (Å²) in [5.74, 6) is -1.85. The summed E-state index contributed by atoms with van der Waals surface area (Å²) in [7, 11) is 0. The molecule has 2 aromatic rings. The van der Waals surface area contributed by atoms with Crippen LogP contribution in [0, 0.1) is 6.92 Å². The number of amides is 2. The molecule has 0 bridgehead atoms. The van der Waals surface area contributed by atoms with E-state index in [4.69, 9.17) is 34.7 Å². The lowest BCUT2D eigenvalue weighted by atomic mass is 10.0. The largest absolute Gasteiger partial charge is 0.403 e. The highest BCUT2D eigenvalue weighted by atomic mass is 35.5. The molecule has 1 saturated carbocycles. The molecule has 1 aliphatic carbocycles. The molecule has 0 unspecified atom stereocenters. The van der Waals surface area contributed by atoms with Crippen LogP contribution in [0.3, 0.4) is 0 Å². The first-order valence-electron chi connectivity index (χ1n) is 10.2. The summed E-state index contributed by atoms with van der Waals surface area (Å²) < 4.78 is 1.80. The topological polar surface area (TPSA) is 132 Å². The smallest absolute Gasteiger partial charge is 0.293 e. The van der Waals surface area contributed by atoms with Crippen LogP contribution in [-0.2, 0) is 17.8 Å². The molecule has 6 N–H and O–H groups in total. The fraction of sp³-hybridized carbons (Fsp3) is 0.318. The van der Waals surface area contributed by atoms with Gasteiger partial charge in [-0.1, -0.05) is 23.2 Å². The van der Waals surface area contributed by atoms with E-state index in [1.165, 1.54) is 6.20 Å². The second kappa shape index (κ2) is 8.18. The number of nitrogens with one attached hydrogen (secondary N) is 2. The van der Waals surface area contributed by atoms with Crippen LogP contribution in [0.5, 0.6) is 0 Å². The lowest BCUT2D eigenvalue weighted by molar-refractivity contribution is -0.117. The first-order valence-corrected chi connectivity index (χ1v) is 11.0. The Bertz CT molecular complexity index is 1160. The monoisotopic (exact) mass is 475 g/mol. The zero-order valence-electron chi connectivity index (χ0n) is 17.4. The average Bonchev–Trinajstić information content (AvgIpc) is 3.26.